The summed E-state index contributed by atoms with van der Waals surface area (Å²) in [5.74, 6) is 1.57. The minimum Gasteiger partial charge on any atom is -0.497 e. The largest absolute Gasteiger partial charge is 0.497 e. The van der Waals surface area contributed by atoms with Crippen LogP contribution in [-0.2, 0) is 17.6 Å². The fourth-order valence-electron chi connectivity index (χ4n) is 2.44. The number of carbonyl (C=O) groups is 1. The van der Waals surface area contributed by atoms with E-state index < -0.39 is 0 Å². The predicted octanol–water partition coefficient (Wildman–Crippen LogP) is 2.91. The number of aryl methyl sites for hydroxylation is 1. The number of carbonyl (C=O) groups excluding carboxylic acids is 1. The van der Waals surface area contributed by atoms with Crippen molar-refractivity contribution < 1.29 is 14.3 Å². The van der Waals surface area contributed by atoms with E-state index in [0.29, 0.717) is 19.4 Å². The van der Waals surface area contributed by atoms with Crippen LogP contribution in [0.25, 0.3) is 0 Å². The maximum Gasteiger partial charge on any atom is 0.224 e. The van der Waals surface area contributed by atoms with Gasteiger partial charge in [0, 0.05) is 12.6 Å². The third-order valence-electron chi connectivity index (χ3n) is 3.82. The molecule has 0 saturated heterocycles. The van der Waals surface area contributed by atoms with Gasteiger partial charge in [0.05, 0.1) is 20.6 Å². The van der Waals surface area contributed by atoms with Crippen LogP contribution in [0.1, 0.15) is 16.7 Å². The molecule has 1 amide bonds. The molecule has 2 aromatic carbocycles. The SMILES string of the molecule is COc1ccc(CCNC(=O)Cc2ccccc2C)c(OC)c1. The zero-order chi connectivity index (χ0) is 16.7. The Morgan fingerprint density at radius 2 is 1.83 bits per heavy atom. The Labute approximate surface area is 137 Å². The van der Waals surface area contributed by atoms with Gasteiger partial charge < -0.3 is 14.8 Å². The molecule has 4 heteroatoms. The molecule has 0 heterocycles. The number of nitrogens with one attached hydrogen (secondary N) is 1. The second-order valence-corrected chi connectivity index (χ2v) is 5.38. The van der Waals surface area contributed by atoms with E-state index in [1.165, 1.54) is 0 Å². The van der Waals surface area contributed by atoms with Crippen molar-refractivity contribution in [2.45, 2.75) is 19.8 Å². The van der Waals surface area contributed by atoms with Gasteiger partial charge in [-0.15, -0.1) is 0 Å². The number of methoxy groups -OCH3 is 2. The van der Waals surface area contributed by atoms with Crippen molar-refractivity contribution in [3.05, 3.63) is 59.2 Å². The summed E-state index contributed by atoms with van der Waals surface area (Å²) in [4.78, 5) is 12.0. The summed E-state index contributed by atoms with van der Waals surface area (Å²) in [6.07, 6.45) is 1.12. The van der Waals surface area contributed by atoms with E-state index in [0.717, 1.165) is 28.2 Å². The van der Waals surface area contributed by atoms with Crippen molar-refractivity contribution in [1.29, 1.82) is 0 Å². The topological polar surface area (TPSA) is 47.6 Å². The lowest BCUT2D eigenvalue weighted by atomic mass is 10.1. The third-order valence-corrected chi connectivity index (χ3v) is 3.82. The first-order chi connectivity index (χ1) is 11.1. The molecular formula is C19H23NO3. The highest BCUT2D eigenvalue weighted by Crippen LogP contribution is 2.24. The number of amides is 1. The summed E-state index contributed by atoms with van der Waals surface area (Å²) in [6, 6.07) is 13.7. The van der Waals surface area contributed by atoms with Crippen molar-refractivity contribution in [3.63, 3.8) is 0 Å². The van der Waals surface area contributed by atoms with Crippen molar-refractivity contribution in [1.82, 2.24) is 5.32 Å². The number of hydrogen-bond donors (Lipinski definition) is 1. The first-order valence-corrected chi connectivity index (χ1v) is 7.66. The molecule has 0 saturated carbocycles. The molecule has 0 bridgehead atoms. The highest BCUT2D eigenvalue weighted by atomic mass is 16.5. The normalized spacial score (nSPS) is 10.2. The van der Waals surface area contributed by atoms with E-state index in [9.17, 15) is 4.79 Å². The molecule has 23 heavy (non-hydrogen) atoms. The lowest BCUT2D eigenvalue weighted by Crippen LogP contribution is -2.27. The number of ether oxygens (including phenoxy) is 2. The summed E-state index contributed by atoms with van der Waals surface area (Å²) in [6.45, 7) is 2.60. The molecule has 0 spiro atoms. The zero-order valence-corrected chi connectivity index (χ0v) is 13.9. The summed E-state index contributed by atoms with van der Waals surface area (Å²) in [5, 5.41) is 2.96. The predicted molar refractivity (Wildman–Crippen MR) is 91.1 cm³/mol. The number of benzene rings is 2. The Morgan fingerprint density at radius 1 is 1.04 bits per heavy atom. The van der Waals surface area contributed by atoms with Crippen molar-refractivity contribution >= 4 is 5.91 Å². The van der Waals surface area contributed by atoms with Crippen LogP contribution in [-0.4, -0.2) is 26.7 Å². The van der Waals surface area contributed by atoms with Gasteiger partial charge in [0.1, 0.15) is 11.5 Å². The van der Waals surface area contributed by atoms with Crippen LogP contribution in [0.3, 0.4) is 0 Å². The lowest BCUT2D eigenvalue weighted by Gasteiger charge is -2.11. The molecule has 2 aromatic rings. The van der Waals surface area contributed by atoms with Gasteiger partial charge in [0.15, 0.2) is 0 Å². The summed E-state index contributed by atoms with van der Waals surface area (Å²) in [7, 11) is 3.26. The second kappa shape index (κ2) is 8.22. The summed E-state index contributed by atoms with van der Waals surface area (Å²) >= 11 is 0. The minimum atomic E-state index is 0.0341. The maximum absolute atomic E-state index is 12.0. The van der Waals surface area contributed by atoms with Crippen LogP contribution in [0.2, 0.25) is 0 Å². The molecule has 0 unspecified atom stereocenters. The van der Waals surface area contributed by atoms with E-state index in [1.807, 2.05) is 49.4 Å². The second-order valence-electron chi connectivity index (χ2n) is 5.38. The van der Waals surface area contributed by atoms with Crippen molar-refractivity contribution in [3.8, 4) is 11.5 Å². The molecule has 0 fully saturated rings. The van der Waals surface area contributed by atoms with E-state index in [2.05, 4.69) is 5.32 Å². The van der Waals surface area contributed by atoms with Crippen LogP contribution in [0.5, 0.6) is 11.5 Å². The summed E-state index contributed by atoms with van der Waals surface area (Å²) < 4.78 is 10.5. The first kappa shape index (κ1) is 16.9. The van der Waals surface area contributed by atoms with Crippen LogP contribution >= 0.6 is 0 Å². The molecule has 0 aromatic heterocycles. The minimum absolute atomic E-state index is 0.0341. The van der Waals surface area contributed by atoms with Gasteiger partial charge in [-0.3, -0.25) is 4.79 Å². The van der Waals surface area contributed by atoms with E-state index >= 15 is 0 Å². The molecular weight excluding hydrogens is 290 g/mol. The fourth-order valence-corrected chi connectivity index (χ4v) is 2.44. The van der Waals surface area contributed by atoms with E-state index in [4.69, 9.17) is 9.47 Å². The Bertz CT molecular complexity index is 667. The molecule has 0 aliphatic carbocycles. The smallest absolute Gasteiger partial charge is 0.224 e. The average molecular weight is 313 g/mol. The maximum atomic E-state index is 12.0. The first-order valence-electron chi connectivity index (χ1n) is 7.66. The van der Waals surface area contributed by atoms with E-state index in [1.54, 1.807) is 14.2 Å². The van der Waals surface area contributed by atoms with Gasteiger partial charge in [-0.25, -0.2) is 0 Å². The quantitative estimate of drug-likeness (QED) is 0.855. The fraction of sp³-hybridized carbons (Fsp3) is 0.316. The van der Waals surface area contributed by atoms with Crippen LogP contribution in [0, 0.1) is 6.92 Å². The van der Waals surface area contributed by atoms with Gasteiger partial charge in [-0.1, -0.05) is 30.3 Å². The molecule has 0 radical (unpaired) electrons. The van der Waals surface area contributed by atoms with Gasteiger partial charge in [-0.2, -0.15) is 0 Å². The molecule has 122 valence electrons. The van der Waals surface area contributed by atoms with Crippen molar-refractivity contribution in [2.75, 3.05) is 20.8 Å². The zero-order valence-electron chi connectivity index (χ0n) is 13.9. The Kier molecular flexibility index (Phi) is 6.03. The van der Waals surface area contributed by atoms with Gasteiger partial charge in [-0.05, 0) is 36.1 Å². The Balaban J connectivity index is 1.87. The highest BCUT2D eigenvalue weighted by molar-refractivity contribution is 5.78. The van der Waals surface area contributed by atoms with E-state index in [-0.39, 0.29) is 5.91 Å². The Morgan fingerprint density at radius 3 is 2.52 bits per heavy atom. The van der Waals surface area contributed by atoms with Crippen LogP contribution in [0.4, 0.5) is 0 Å². The summed E-state index contributed by atoms with van der Waals surface area (Å²) in [5.41, 5.74) is 3.25. The van der Waals surface area contributed by atoms with Gasteiger partial charge in [0.2, 0.25) is 5.91 Å². The molecule has 0 aliphatic heterocycles. The average Bonchev–Trinajstić information content (AvgIpc) is 2.57. The third kappa shape index (κ3) is 4.74. The van der Waals surface area contributed by atoms with Crippen molar-refractivity contribution in [2.24, 2.45) is 0 Å². The highest BCUT2D eigenvalue weighted by Gasteiger charge is 2.08. The number of hydrogen-bond acceptors (Lipinski definition) is 3. The molecule has 1 N–H and O–H groups in total. The Hall–Kier alpha value is -2.49. The lowest BCUT2D eigenvalue weighted by molar-refractivity contribution is -0.120. The van der Waals surface area contributed by atoms with Gasteiger partial charge in [0.25, 0.3) is 0 Å². The van der Waals surface area contributed by atoms with Gasteiger partial charge >= 0.3 is 0 Å². The number of rotatable bonds is 7. The monoisotopic (exact) mass is 313 g/mol. The standard InChI is InChI=1S/C19H23NO3/c1-14-6-4-5-7-16(14)12-19(21)20-11-10-15-8-9-17(22-2)13-18(15)23-3/h4-9,13H,10-12H2,1-3H3,(H,20,21). The van der Waals surface area contributed by atoms with Crippen LogP contribution < -0.4 is 14.8 Å². The molecule has 4 nitrogen and oxygen atoms in total. The van der Waals surface area contributed by atoms with Crippen LogP contribution in [0.15, 0.2) is 42.5 Å². The molecule has 0 aliphatic rings. The molecule has 0 atom stereocenters. The molecule has 2 rings (SSSR count).